The first-order valence-electron chi connectivity index (χ1n) is 12.6. The van der Waals surface area contributed by atoms with E-state index >= 15 is 0 Å². The van der Waals surface area contributed by atoms with Gasteiger partial charge in [0.2, 0.25) is 0 Å². The number of sulfonamides is 1. The van der Waals surface area contributed by atoms with E-state index in [0.29, 0.717) is 44.8 Å². The van der Waals surface area contributed by atoms with Crippen LogP contribution in [-0.4, -0.2) is 97.6 Å². The van der Waals surface area contributed by atoms with Crippen LogP contribution in [0.5, 0.6) is 0 Å². The van der Waals surface area contributed by atoms with Crippen LogP contribution in [0.25, 0.3) is 0 Å². The molecule has 2 N–H and O–H groups in total. The molecule has 4 heterocycles. The van der Waals surface area contributed by atoms with Crippen LogP contribution < -0.4 is 4.90 Å². The first kappa shape index (κ1) is 27.8. The van der Waals surface area contributed by atoms with Crippen molar-refractivity contribution in [2.45, 2.75) is 60.0 Å². The number of rotatable bonds is 6. The average molecular weight is 576 g/mol. The first-order valence-corrected chi connectivity index (χ1v) is 14.9. The zero-order valence-electron chi connectivity index (χ0n) is 20.9. The molecule has 13 heteroatoms. The molecule has 3 aliphatic heterocycles. The van der Waals surface area contributed by atoms with Crippen molar-refractivity contribution in [2.75, 3.05) is 44.3 Å². The quantitative estimate of drug-likeness (QED) is 0.547. The van der Waals surface area contributed by atoms with E-state index < -0.39 is 27.9 Å². The maximum Gasteiger partial charge on any atom is 0.421 e. The number of alkyl halides is 3. The number of aliphatic hydroxyl groups is 2. The third-order valence-electron chi connectivity index (χ3n) is 7.92. The van der Waals surface area contributed by atoms with Gasteiger partial charge in [-0.3, -0.25) is 4.90 Å². The highest BCUT2D eigenvalue weighted by atomic mass is 32.2. The zero-order valence-corrected chi connectivity index (χ0v) is 22.6. The first-order chi connectivity index (χ1) is 17.9. The highest BCUT2D eigenvalue weighted by Gasteiger charge is 2.51. The van der Waals surface area contributed by atoms with Gasteiger partial charge in [-0.05, 0) is 48.9 Å². The third-order valence-corrected chi connectivity index (χ3v) is 11.2. The van der Waals surface area contributed by atoms with Gasteiger partial charge in [-0.1, -0.05) is 18.2 Å². The fourth-order valence-corrected chi connectivity index (χ4v) is 8.34. The number of ether oxygens (including phenoxy) is 1. The van der Waals surface area contributed by atoms with Gasteiger partial charge in [-0.25, -0.2) is 8.42 Å². The number of aliphatic hydroxyl groups excluding tert-OH is 1. The van der Waals surface area contributed by atoms with Crippen LogP contribution >= 0.6 is 11.3 Å². The molecule has 3 aliphatic rings. The minimum Gasteiger partial charge on any atom is -0.393 e. The molecular formula is C25H32F3N3O5S2. The Morgan fingerprint density at radius 3 is 2.32 bits per heavy atom. The number of anilines is 1. The lowest BCUT2D eigenvalue weighted by atomic mass is 9.91. The van der Waals surface area contributed by atoms with Gasteiger partial charge in [-0.2, -0.15) is 17.5 Å². The molecule has 0 aliphatic carbocycles. The lowest BCUT2D eigenvalue weighted by Gasteiger charge is -2.51. The van der Waals surface area contributed by atoms with E-state index in [9.17, 15) is 31.8 Å². The number of hydrogen-bond donors (Lipinski definition) is 2. The zero-order chi connectivity index (χ0) is 27.3. The number of piperazine rings is 1. The van der Waals surface area contributed by atoms with Crippen LogP contribution in [0.3, 0.4) is 0 Å². The van der Waals surface area contributed by atoms with E-state index in [1.807, 2.05) is 4.90 Å². The Balaban J connectivity index is 1.43. The minimum atomic E-state index is -4.82. The normalized spacial score (nSPS) is 29.3. The summed E-state index contributed by atoms with van der Waals surface area (Å²) in [6.07, 6.45) is -4.09. The summed E-state index contributed by atoms with van der Waals surface area (Å²) in [5, 5.41) is 22.1. The average Bonchev–Trinajstić information content (AvgIpc) is 3.40. The van der Waals surface area contributed by atoms with Gasteiger partial charge in [0.15, 0.2) is 5.60 Å². The SMILES string of the molecule is C[C@@](O)(c1ccc(N2CCN(S(=O)(=O)c3cccs3)C[C@@H]2CN2[C@@H]3COC[C@H]2CC(O)C3)cc1)C(F)(F)F. The Hall–Kier alpha value is -1.74. The van der Waals surface area contributed by atoms with E-state index in [2.05, 4.69) is 4.90 Å². The molecule has 3 fully saturated rings. The van der Waals surface area contributed by atoms with E-state index in [1.54, 1.807) is 29.6 Å². The number of hydrogen-bond acceptors (Lipinski definition) is 8. The largest absolute Gasteiger partial charge is 0.421 e. The summed E-state index contributed by atoms with van der Waals surface area (Å²) >= 11 is 1.16. The molecule has 0 radical (unpaired) electrons. The van der Waals surface area contributed by atoms with E-state index in [1.165, 1.54) is 16.4 Å². The molecule has 3 saturated heterocycles. The number of piperidine rings is 1. The number of thiophene rings is 1. The van der Waals surface area contributed by atoms with Crippen LogP contribution in [0.4, 0.5) is 18.9 Å². The summed E-state index contributed by atoms with van der Waals surface area (Å²) in [7, 11) is -3.68. The van der Waals surface area contributed by atoms with Crippen LogP contribution in [-0.2, 0) is 20.4 Å². The number of benzene rings is 1. The summed E-state index contributed by atoms with van der Waals surface area (Å²) in [5.41, 5.74) is -2.59. The molecule has 0 spiro atoms. The predicted octanol–water partition coefficient (Wildman–Crippen LogP) is 2.62. The lowest BCUT2D eigenvalue weighted by molar-refractivity contribution is -0.258. The Morgan fingerprint density at radius 2 is 1.74 bits per heavy atom. The monoisotopic (exact) mass is 575 g/mol. The van der Waals surface area contributed by atoms with Gasteiger partial charge in [0, 0.05) is 44.0 Å². The molecule has 2 aromatic rings. The number of nitrogens with zero attached hydrogens (tertiary/aromatic N) is 3. The van der Waals surface area contributed by atoms with Crippen LogP contribution in [0.15, 0.2) is 46.0 Å². The minimum absolute atomic E-state index is 0.00730. The fourth-order valence-electron chi connectivity index (χ4n) is 5.72. The molecule has 0 saturated carbocycles. The van der Waals surface area contributed by atoms with Gasteiger partial charge in [0.1, 0.15) is 4.21 Å². The van der Waals surface area contributed by atoms with Gasteiger partial charge in [0.05, 0.1) is 25.4 Å². The van der Waals surface area contributed by atoms with Crippen LogP contribution in [0, 0.1) is 0 Å². The maximum absolute atomic E-state index is 13.4. The summed E-state index contributed by atoms with van der Waals surface area (Å²) < 4.78 is 74.2. The number of morpholine rings is 1. The van der Waals surface area contributed by atoms with Crippen molar-refractivity contribution in [1.29, 1.82) is 0 Å². The Morgan fingerprint density at radius 1 is 1.08 bits per heavy atom. The molecular weight excluding hydrogens is 543 g/mol. The van der Waals surface area contributed by atoms with Crippen molar-refractivity contribution in [3.05, 3.63) is 47.3 Å². The topological polar surface area (TPSA) is 93.6 Å². The molecule has 8 nitrogen and oxygen atoms in total. The molecule has 1 unspecified atom stereocenters. The Labute approximate surface area is 224 Å². The molecule has 0 amide bonds. The Bertz CT molecular complexity index is 1190. The lowest BCUT2D eigenvalue weighted by Crippen LogP contribution is -2.64. The van der Waals surface area contributed by atoms with Crippen molar-refractivity contribution >= 4 is 27.0 Å². The Kier molecular flexibility index (Phi) is 7.57. The highest BCUT2D eigenvalue weighted by molar-refractivity contribution is 7.91. The van der Waals surface area contributed by atoms with Gasteiger partial charge < -0.3 is 19.8 Å². The van der Waals surface area contributed by atoms with E-state index in [0.717, 1.165) is 18.3 Å². The van der Waals surface area contributed by atoms with Gasteiger partial charge in [0.25, 0.3) is 10.0 Å². The predicted molar refractivity (Wildman–Crippen MR) is 137 cm³/mol. The van der Waals surface area contributed by atoms with Crippen LogP contribution in [0.1, 0.15) is 25.3 Å². The molecule has 5 atom stereocenters. The van der Waals surface area contributed by atoms with Crippen molar-refractivity contribution in [3.8, 4) is 0 Å². The molecule has 2 bridgehead atoms. The van der Waals surface area contributed by atoms with E-state index in [-0.39, 0.29) is 41.0 Å². The van der Waals surface area contributed by atoms with Crippen LogP contribution in [0.2, 0.25) is 0 Å². The van der Waals surface area contributed by atoms with Gasteiger partial charge >= 0.3 is 6.18 Å². The number of fused-ring (bicyclic) bond motifs is 2. The third kappa shape index (κ3) is 5.21. The second-order valence-corrected chi connectivity index (χ2v) is 13.5. The molecule has 1 aromatic carbocycles. The number of halogens is 3. The second kappa shape index (κ2) is 10.3. The molecule has 210 valence electrons. The van der Waals surface area contributed by atoms with Crippen molar-refractivity contribution in [1.82, 2.24) is 9.21 Å². The van der Waals surface area contributed by atoms with Crippen molar-refractivity contribution in [3.63, 3.8) is 0 Å². The van der Waals surface area contributed by atoms with E-state index in [4.69, 9.17) is 4.74 Å². The standard InChI is InChI=1S/C25H32F3N3O5S2/c1-24(33,25(26,27)28)17-4-6-18(7-5-17)30-9-8-29(38(34,35)23-3-2-10-37-23)13-21(30)14-31-19-11-22(32)12-20(31)16-36-15-19/h2-7,10,19-22,32-33H,8-9,11-16H2,1H3/t19-,20+,21-,22?,24-/m1/s1. The summed E-state index contributed by atoms with van der Waals surface area (Å²) in [6.45, 7) is 3.01. The second-order valence-electron chi connectivity index (χ2n) is 10.4. The smallest absolute Gasteiger partial charge is 0.393 e. The fraction of sp³-hybridized carbons (Fsp3) is 0.600. The maximum atomic E-state index is 13.4. The molecule has 5 rings (SSSR count). The van der Waals surface area contributed by atoms with Gasteiger partial charge in [-0.15, -0.1) is 11.3 Å². The molecule has 1 aromatic heterocycles. The summed E-state index contributed by atoms with van der Waals surface area (Å²) in [6, 6.07) is 8.66. The van der Waals surface area contributed by atoms with Crippen molar-refractivity contribution in [2.24, 2.45) is 0 Å². The summed E-state index contributed by atoms with van der Waals surface area (Å²) in [5.74, 6) is 0. The van der Waals surface area contributed by atoms with Crippen molar-refractivity contribution < 1.29 is 36.5 Å². The highest BCUT2D eigenvalue weighted by Crippen LogP contribution is 2.39. The summed E-state index contributed by atoms with van der Waals surface area (Å²) in [4.78, 5) is 4.33. The molecule has 38 heavy (non-hydrogen) atoms.